The normalized spacial score (nSPS) is 12.9. The predicted molar refractivity (Wildman–Crippen MR) is 64.7 cm³/mol. The molecule has 0 radical (unpaired) electrons. The fourth-order valence-corrected chi connectivity index (χ4v) is 1.72. The molecule has 0 saturated carbocycles. The van der Waals surface area contributed by atoms with Crippen molar-refractivity contribution in [2.45, 2.75) is 26.0 Å². The second-order valence-electron chi connectivity index (χ2n) is 3.73. The van der Waals surface area contributed by atoms with E-state index in [0.717, 1.165) is 5.75 Å². The molecule has 0 saturated heterocycles. The Morgan fingerprint density at radius 2 is 1.87 bits per heavy atom. The van der Waals surface area contributed by atoms with Gasteiger partial charge in [-0.15, -0.1) is 11.6 Å². The lowest BCUT2D eigenvalue weighted by atomic mass is 10.1. The zero-order valence-electron chi connectivity index (χ0n) is 9.46. The monoisotopic (exact) mass is 227 g/mol. The van der Waals surface area contributed by atoms with Crippen molar-refractivity contribution in [1.29, 1.82) is 0 Å². The van der Waals surface area contributed by atoms with E-state index in [-0.39, 0.29) is 12.1 Å². The summed E-state index contributed by atoms with van der Waals surface area (Å²) in [4.78, 5) is 0. The summed E-state index contributed by atoms with van der Waals surface area (Å²) in [7, 11) is 1.91. The highest BCUT2D eigenvalue weighted by molar-refractivity contribution is 6.18. The number of rotatable bonds is 5. The number of nitrogens with one attached hydrogen (secondary N) is 1. The molecule has 1 aromatic rings. The maximum Gasteiger partial charge on any atom is 0.119 e. The quantitative estimate of drug-likeness (QED) is 0.781. The fourth-order valence-electron chi connectivity index (χ4n) is 1.38. The molecule has 0 spiro atoms. The van der Waals surface area contributed by atoms with Crippen molar-refractivity contribution < 1.29 is 4.74 Å². The summed E-state index contributed by atoms with van der Waals surface area (Å²) in [5, 5.41) is 3.16. The topological polar surface area (TPSA) is 21.3 Å². The zero-order valence-corrected chi connectivity index (χ0v) is 10.2. The average molecular weight is 228 g/mol. The van der Waals surface area contributed by atoms with Crippen LogP contribution in [-0.2, 0) is 0 Å². The molecule has 1 atom stereocenters. The van der Waals surface area contributed by atoms with Crippen LogP contribution in [0.25, 0.3) is 0 Å². The summed E-state index contributed by atoms with van der Waals surface area (Å²) in [5.74, 6) is 1.47. The molecule has 0 aromatic heterocycles. The van der Waals surface area contributed by atoms with Crippen molar-refractivity contribution in [2.75, 3.05) is 12.9 Å². The first-order chi connectivity index (χ1) is 7.17. The number of alkyl halides is 1. The summed E-state index contributed by atoms with van der Waals surface area (Å²) in [6.07, 6.45) is 0.212. The van der Waals surface area contributed by atoms with Crippen molar-refractivity contribution >= 4 is 11.6 Å². The lowest BCUT2D eigenvalue weighted by Gasteiger charge is -2.14. The second-order valence-corrected chi connectivity index (χ2v) is 4.04. The smallest absolute Gasteiger partial charge is 0.119 e. The van der Waals surface area contributed by atoms with E-state index in [1.54, 1.807) is 0 Å². The molecule has 0 aliphatic heterocycles. The van der Waals surface area contributed by atoms with E-state index >= 15 is 0 Å². The number of hydrogen-bond acceptors (Lipinski definition) is 2. The molecule has 0 amide bonds. The maximum atomic E-state index is 5.83. The highest BCUT2D eigenvalue weighted by Crippen LogP contribution is 2.19. The van der Waals surface area contributed by atoms with Crippen molar-refractivity contribution in [2.24, 2.45) is 0 Å². The third kappa shape index (κ3) is 3.73. The van der Waals surface area contributed by atoms with E-state index < -0.39 is 0 Å². The minimum Gasteiger partial charge on any atom is -0.491 e. The first kappa shape index (κ1) is 12.3. The van der Waals surface area contributed by atoms with Crippen molar-refractivity contribution in [3.8, 4) is 5.75 Å². The molecule has 2 nitrogen and oxygen atoms in total. The number of ether oxygens (including phenoxy) is 1. The van der Waals surface area contributed by atoms with Gasteiger partial charge < -0.3 is 10.1 Å². The van der Waals surface area contributed by atoms with Gasteiger partial charge in [-0.3, -0.25) is 0 Å². The summed E-state index contributed by atoms with van der Waals surface area (Å²) in [5.41, 5.74) is 1.18. The summed E-state index contributed by atoms with van der Waals surface area (Å²) in [6, 6.07) is 8.25. The van der Waals surface area contributed by atoms with Gasteiger partial charge in [0.05, 0.1) is 6.10 Å². The Labute approximate surface area is 96.6 Å². The molecule has 3 heteroatoms. The van der Waals surface area contributed by atoms with Crippen molar-refractivity contribution in [3.05, 3.63) is 29.8 Å². The van der Waals surface area contributed by atoms with Gasteiger partial charge in [-0.05, 0) is 38.6 Å². The molecule has 0 bridgehead atoms. The maximum absolute atomic E-state index is 5.83. The Bertz CT molecular complexity index is 280. The lowest BCUT2D eigenvalue weighted by molar-refractivity contribution is 0.242. The molecular formula is C12H18ClNO. The zero-order chi connectivity index (χ0) is 11.3. The van der Waals surface area contributed by atoms with E-state index in [2.05, 4.69) is 5.32 Å². The summed E-state index contributed by atoms with van der Waals surface area (Å²) >= 11 is 5.83. The van der Waals surface area contributed by atoms with Gasteiger partial charge in [0.25, 0.3) is 0 Å². The van der Waals surface area contributed by atoms with Gasteiger partial charge in [0.1, 0.15) is 5.75 Å². The van der Waals surface area contributed by atoms with Crippen LogP contribution in [0.5, 0.6) is 5.75 Å². The second kappa shape index (κ2) is 5.99. The SMILES string of the molecule is CNC(CCl)c1ccc(OC(C)C)cc1. The molecule has 0 aliphatic carbocycles. The fraction of sp³-hybridized carbons (Fsp3) is 0.500. The van der Waals surface area contributed by atoms with Crippen molar-refractivity contribution in [1.82, 2.24) is 5.32 Å². The number of benzene rings is 1. The van der Waals surface area contributed by atoms with Crippen LogP contribution < -0.4 is 10.1 Å². The average Bonchev–Trinajstić information content (AvgIpc) is 2.21. The molecule has 1 N–H and O–H groups in total. The van der Waals surface area contributed by atoms with Crippen LogP contribution in [0.15, 0.2) is 24.3 Å². The standard InChI is InChI=1S/C12H18ClNO/c1-9(2)15-11-6-4-10(5-7-11)12(8-13)14-3/h4-7,9,12,14H,8H2,1-3H3. The Morgan fingerprint density at radius 3 is 2.27 bits per heavy atom. The van der Waals surface area contributed by atoms with E-state index in [0.29, 0.717) is 5.88 Å². The Balaban J connectivity index is 2.71. The van der Waals surface area contributed by atoms with Crippen LogP contribution >= 0.6 is 11.6 Å². The Hall–Kier alpha value is -0.730. The first-order valence-corrected chi connectivity index (χ1v) is 5.70. The van der Waals surface area contributed by atoms with Gasteiger partial charge >= 0.3 is 0 Å². The molecule has 0 heterocycles. The number of halogens is 1. The van der Waals surface area contributed by atoms with Crippen LogP contribution in [0.2, 0.25) is 0 Å². The minimum atomic E-state index is 0.208. The molecule has 15 heavy (non-hydrogen) atoms. The first-order valence-electron chi connectivity index (χ1n) is 5.17. The lowest BCUT2D eigenvalue weighted by Crippen LogP contribution is -2.17. The third-order valence-corrected chi connectivity index (χ3v) is 2.47. The molecule has 1 rings (SSSR count). The Morgan fingerprint density at radius 1 is 1.27 bits per heavy atom. The molecular weight excluding hydrogens is 210 g/mol. The molecule has 1 unspecified atom stereocenters. The van der Waals surface area contributed by atoms with Gasteiger partial charge in [0.2, 0.25) is 0 Å². The molecule has 0 fully saturated rings. The van der Waals surface area contributed by atoms with E-state index in [4.69, 9.17) is 16.3 Å². The summed E-state index contributed by atoms with van der Waals surface area (Å²) < 4.78 is 5.56. The third-order valence-electron chi connectivity index (χ3n) is 2.16. The highest BCUT2D eigenvalue weighted by atomic mass is 35.5. The van der Waals surface area contributed by atoms with Crippen LogP contribution in [0, 0.1) is 0 Å². The minimum absolute atomic E-state index is 0.208. The predicted octanol–water partition coefficient (Wildman–Crippen LogP) is 2.97. The summed E-state index contributed by atoms with van der Waals surface area (Å²) in [6.45, 7) is 4.03. The van der Waals surface area contributed by atoms with Gasteiger partial charge in [0, 0.05) is 11.9 Å². The van der Waals surface area contributed by atoms with Gasteiger partial charge in [-0.2, -0.15) is 0 Å². The van der Waals surface area contributed by atoms with Gasteiger partial charge in [-0.1, -0.05) is 12.1 Å². The van der Waals surface area contributed by atoms with Crippen LogP contribution in [-0.4, -0.2) is 19.0 Å². The van der Waals surface area contributed by atoms with Crippen LogP contribution in [0.4, 0.5) is 0 Å². The highest BCUT2D eigenvalue weighted by Gasteiger charge is 2.07. The van der Waals surface area contributed by atoms with E-state index in [1.165, 1.54) is 5.56 Å². The van der Waals surface area contributed by atoms with Gasteiger partial charge in [0.15, 0.2) is 0 Å². The van der Waals surface area contributed by atoms with Crippen LogP contribution in [0.1, 0.15) is 25.5 Å². The Kier molecular flexibility index (Phi) is 4.92. The van der Waals surface area contributed by atoms with E-state index in [9.17, 15) is 0 Å². The van der Waals surface area contributed by atoms with Crippen LogP contribution in [0.3, 0.4) is 0 Å². The van der Waals surface area contributed by atoms with Crippen molar-refractivity contribution in [3.63, 3.8) is 0 Å². The molecule has 0 aliphatic rings. The molecule has 1 aromatic carbocycles. The van der Waals surface area contributed by atoms with Gasteiger partial charge in [-0.25, -0.2) is 0 Å². The number of hydrogen-bond donors (Lipinski definition) is 1. The largest absolute Gasteiger partial charge is 0.491 e. The molecule has 84 valence electrons. The van der Waals surface area contributed by atoms with E-state index in [1.807, 2.05) is 45.2 Å².